The molecule has 0 heterocycles. The highest BCUT2D eigenvalue weighted by atomic mass is 19.0. The summed E-state index contributed by atoms with van der Waals surface area (Å²) in [7, 11) is 0. The van der Waals surface area contributed by atoms with Crippen LogP contribution in [0.1, 0.15) is 117 Å². The normalized spacial score (nSPS) is 11.0. The highest BCUT2D eigenvalue weighted by Gasteiger charge is 2.27. The van der Waals surface area contributed by atoms with Crippen molar-refractivity contribution in [1.29, 1.82) is 0 Å². The number of halogens is 2. The summed E-state index contributed by atoms with van der Waals surface area (Å²) in [5, 5.41) is 28.5. The maximum absolute atomic E-state index is 9.72. The third kappa shape index (κ3) is 21.9. The van der Waals surface area contributed by atoms with Crippen LogP contribution in [0.2, 0.25) is 0 Å². The fourth-order valence-corrected chi connectivity index (χ4v) is 3.47. The van der Waals surface area contributed by atoms with Crippen molar-refractivity contribution in [3.05, 3.63) is 12.3 Å². The first-order valence-electron chi connectivity index (χ1n) is 11.5. The molecule has 0 aromatic carbocycles. The largest absolute Gasteiger partial charge is 0.389 e. The van der Waals surface area contributed by atoms with Crippen molar-refractivity contribution in [3.63, 3.8) is 0 Å². The molecule has 0 bridgehead atoms. The Morgan fingerprint density at radius 1 is 0.667 bits per heavy atom. The van der Waals surface area contributed by atoms with E-state index in [4.69, 9.17) is 5.11 Å². The Balaban J connectivity index is -0.00000113. The van der Waals surface area contributed by atoms with Gasteiger partial charge in [-0.05, 0) is 19.5 Å². The highest BCUT2D eigenvalue weighted by molar-refractivity contribution is 4.83. The quantitative estimate of drug-likeness (QED) is 0.133. The van der Waals surface area contributed by atoms with Crippen molar-refractivity contribution in [3.8, 4) is 0 Å². The molecule has 0 aliphatic carbocycles. The van der Waals surface area contributed by atoms with E-state index < -0.39 is 12.5 Å². The van der Waals surface area contributed by atoms with Gasteiger partial charge in [-0.15, -0.1) is 0 Å². The molecular formula is C23H52F2N2O3. The average Bonchev–Trinajstić information content (AvgIpc) is 2.66. The third-order valence-corrected chi connectivity index (χ3v) is 5.25. The first-order valence-corrected chi connectivity index (χ1v) is 11.5. The van der Waals surface area contributed by atoms with E-state index in [-0.39, 0.29) is 15.6 Å². The summed E-state index contributed by atoms with van der Waals surface area (Å²) in [4.78, 5) is 1.40. The summed E-state index contributed by atoms with van der Waals surface area (Å²) in [6, 6.07) is 0. The molecule has 0 unspecified atom stereocenters. The topological polar surface area (TPSA) is 98.9 Å². The van der Waals surface area contributed by atoms with Crippen LogP contribution in [-0.4, -0.2) is 39.3 Å². The molecule has 30 heavy (non-hydrogen) atoms. The van der Waals surface area contributed by atoms with Gasteiger partial charge in [-0.2, -0.15) is 0 Å². The Labute approximate surface area is 184 Å². The van der Waals surface area contributed by atoms with Crippen molar-refractivity contribution in [2.75, 3.05) is 13.2 Å². The lowest BCUT2D eigenvalue weighted by Gasteiger charge is -2.32. The molecule has 0 amide bonds. The molecule has 0 rings (SSSR count). The van der Waals surface area contributed by atoms with E-state index in [9.17, 15) is 10.2 Å². The molecule has 0 fully saturated rings. The Morgan fingerprint density at radius 2 is 1.00 bits per heavy atom. The van der Waals surface area contributed by atoms with Crippen LogP contribution in [0, 0.1) is 0 Å². The molecule has 0 spiro atoms. The van der Waals surface area contributed by atoms with Gasteiger partial charge in [0.2, 0.25) is 0 Å². The van der Waals surface area contributed by atoms with E-state index in [0.29, 0.717) is 6.54 Å². The van der Waals surface area contributed by atoms with Gasteiger partial charge in [0.1, 0.15) is 6.61 Å². The summed E-state index contributed by atoms with van der Waals surface area (Å²) in [5.74, 6) is -2.15. The fourth-order valence-electron chi connectivity index (χ4n) is 3.47. The molecule has 0 aliphatic rings. The van der Waals surface area contributed by atoms with Crippen LogP contribution in [0.15, 0.2) is 12.3 Å². The van der Waals surface area contributed by atoms with Gasteiger partial charge in [0.15, 0.2) is 0 Å². The van der Waals surface area contributed by atoms with Gasteiger partial charge in [0.05, 0.1) is 0 Å². The summed E-state index contributed by atoms with van der Waals surface area (Å²) >= 11 is 0. The van der Waals surface area contributed by atoms with Crippen molar-refractivity contribution in [1.82, 2.24) is 11.1 Å². The number of hydrogen-bond donors (Lipinski definition) is 4. The van der Waals surface area contributed by atoms with Crippen molar-refractivity contribution in [2.24, 2.45) is 0 Å². The summed E-state index contributed by atoms with van der Waals surface area (Å²) < 4.78 is 0. The minimum Gasteiger partial charge on any atom is -0.389 e. The van der Waals surface area contributed by atoms with Gasteiger partial charge in [0, 0.05) is 6.54 Å². The van der Waals surface area contributed by atoms with E-state index in [2.05, 4.69) is 6.92 Å². The van der Waals surface area contributed by atoms with Crippen LogP contribution < -0.4 is 6.15 Å². The zero-order valence-electron chi connectivity index (χ0n) is 19.7. The van der Waals surface area contributed by atoms with Gasteiger partial charge in [0.25, 0.3) is 5.91 Å². The lowest BCUT2D eigenvalue weighted by Crippen LogP contribution is -2.49. The maximum atomic E-state index is 9.72. The van der Waals surface area contributed by atoms with Crippen molar-refractivity contribution in [2.45, 2.75) is 122 Å². The Kier molecular flexibility index (Phi) is 32.1. The molecule has 0 aromatic rings. The molecule has 0 aromatic heterocycles. The number of unbranched alkanes of at least 4 members (excludes halogenated alkanes) is 15. The fraction of sp³-hybridized carbons (Fsp3) is 0.913. The van der Waals surface area contributed by atoms with Gasteiger partial charge >= 0.3 is 0 Å². The van der Waals surface area contributed by atoms with Crippen molar-refractivity contribution < 1.29 is 24.7 Å². The Hall–Kier alpha value is -0.760. The van der Waals surface area contributed by atoms with Gasteiger partial charge in [-0.25, -0.2) is 0 Å². The van der Waals surface area contributed by atoms with Crippen molar-refractivity contribution >= 4 is 0 Å². The molecule has 186 valence electrons. The van der Waals surface area contributed by atoms with Gasteiger partial charge in [-0.3, -0.25) is 9.41 Å². The predicted molar refractivity (Wildman–Crippen MR) is 125 cm³/mol. The molecule has 6 N–H and O–H groups in total. The number of aliphatic hydroxyl groups excluding tert-OH is 1. The second-order valence-corrected chi connectivity index (χ2v) is 7.91. The number of allylic oxidation sites excluding steroid dienone is 1. The molecule has 0 saturated heterocycles. The average molecular weight is 443 g/mol. The van der Waals surface area contributed by atoms with Crippen LogP contribution in [0.25, 0.3) is 0 Å². The smallest absolute Gasteiger partial charge is 0.270 e. The van der Waals surface area contributed by atoms with Gasteiger partial charge in [-0.1, -0.05) is 109 Å². The molecule has 5 nitrogen and oxygen atoms in total. The van der Waals surface area contributed by atoms with E-state index in [1.165, 1.54) is 94.8 Å². The standard InChI is InChI=1S/C23H47NO3.2FH.H3N/c1-3-5-6-7-8-9-10-11-12-13-14-15-16-17-18-19-21-24(20-4-2)23(26,27)22-25;;;/h4,20,25-27H,3,5-19,21-22H2,1-2H3;2*1H;1H3/b20-4+;;;. The van der Waals surface area contributed by atoms with Gasteiger partial charge < -0.3 is 26.4 Å². The first-order chi connectivity index (χ1) is 13.1. The maximum Gasteiger partial charge on any atom is 0.270 e. The predicted octanol–water partition coefficient (Wildman–Crippen LogP) is 6.18. The Bertz CT molecular complexity index is 346. The number of rotatable bonds is 20. The molecular weight excluding hydrogens is 390 g/mol. The molecule has 0 radical (unpaired) electrons. The van der Waals surface area contributed by atoms with Crippen LogP contribution >= 0.6 is 0 Å². The molecule has 0 saturated carbocycles. The van der Waals surface area contributed by atoms with Crippen LogP contribution in [0.3, 0.4) is 0 Å². The zero-order valence-corrected chi connectivity index (χ0v) is 19.7. The summed E-state index contributed by atoms with van der Waals surface area (Å²) in [6.07, 6.45) is 24.5. The second-order valence-electron chi connectivity index (χ2n) is 7.91. The molecule has 0 atom stereocenters. The minimum atomic E-state index is -2.15. The van der Waals surface area contributed by atoms with Crippen LogP contribution in [0.5, 0.6) is 0 Å². The van der Waals surface area contributed by atoms with E-state index in [1.54, 1.807) is 12.3 Å². The number of aliphatic hydroxyl groups is 3. The van der Waals surface area contributed by atoms with E-state index >= 15 is 0 Å². The molecule has 0 aliphatic heterocycles. The number of nitrogens with zero attached hydrogens (tertiary/aromatic N) is 1. The lowest BCUT2D eigenvalue weighted by molar-refractivity contribution is -0.266. The SMILES string of the molecule is C/C=C/N(CCCCCCCCCCCCCCCCCC)C(O)(O)CO.F.F.N. The van der Waals surface area contributed by atoms with Crippen LogP contribution in [0.4, 0.5) is 9.41 Å². The third-order valence-electron chi connectivity index (χ3n) is 5.25. The van der Waals surface area contributed by atoms with E-state index in [1.807, 2.05) is 6.92 Å². The highest BCUT2D eigenvalue weighted by Crippen LogP contribution is 2.15. The monoisotopic (exact) mass is 442 g/mol. The second kappa shape index (κ2) is 26.3. The van der Waals surface area contributed by atoms with E-state index in [0.717, 1.165) is 12.8 Å². The lowest BCUT2D eigenvalue weighted by atomic mass is 10.0. The Morgan fingerprint density at radius 3 is 1.30 bits per heavy atom. The first kappa shape index (κ1) is 36.6. The summed E-state index contributed by atoms with van der Waals surface area (Å²) in [5.41, 5.74) is 0. The van der Waals surface area contributed by atoms with Crippen LogP contribution in [-0.2, 0) is 0 Å². The summed E-state index contributed by atoms with van der Waals surface area (Å²) in [6.45, 7) is 3.97. The minimum absolute atomic E-state index is 0. The molecule has 7 heteroatoms. The number of hydrogen-bond acceptors (Lipinski definition) is 5. The zero-order chi connectivity index (χ0) is 20.2.